The van der Waals surface area contributed by atoms with Crippen molar-refractivity contribution in [2.75, 3.05) is 20.6 Å². The highest BCUT2D eigenvalue weighted by Gasteiger charge is 2.34. The monoisotopic (exact) mass is 386 g/mol. The molecule has 0 saturated carbocycles. The summed E-state index contributed by atoms with van der Waals surface area (Å²) in [5.74, 6) is -0.860. The van der Waals surface area contributed by atoms with Crippen LogP contribution in [0.5, 0.6) is 0 Å². The minimum absolute atomic E-state index is 0.388. The molecule has 2 rings (SSSR count). The molecular weight excluding hydrogens is 364 g/mol. The van der Waals surface area contributed by atoms with Gasteiger partial charge < -0.3 is 10.2 Å². The van der Waals surface area contributed by atoms with Crippen LogP contribution < -0.4 is 5.32 Å². The Kier molecular flexibility index (Phi) is 6.59. The van der Waals surface area contributed by atoms with Crippen molar-refractivity contribution in [3.8, 4) is 0 Å². The van der Waals surface area contributed by atoms with Crippen LogP contribution in [0, 0.1) is 5.82 Å². The van der Waals surface area contributed by atoms with E-state index in [-0.39, 0.29) is 5.82 Å². The first-order chi connectivity index (χ1) is 12.6. The smallest absolute Gasteiger partial charge is 0.347 e. The Morgan fingerprint density at radius 3 is 2.37 bits per heavy atom. The molecule has 0 bridgehead atoms. The molecule has 5 nitrogen and oxygen atoms in total. The summed E-state index contributed by atoms with van der Waals surface area (Å²) in [5.41, 5.74) is -0.333. The van der Waals surface area contributed by atoms with Crippen LogP contribution in [0.2, 0.25) is 0 Å². The highest BCUT2D eigenvalue weighted by molar-refractivity contribution is 5.80. The van der Waals surface area contributed by atoms with Crippen molar-refractivity contribution in [1.82, 2.24) is 20.0 Å². The minimum Gasteiger partial charge on any atom is -0.347 e. The summed E-state index contributed by atoms with van der Waals surface area (Å²) in [4.78, 5) is 14.5. The molecule has 1 aromatic carbocycles. The summed E-state index contributed by atoms with van der Waals surface area (Å²) in [7, 11) is 3.77. The van der Waals surface area contributed by atoms with E-state index in [1.807, 2.05) is 19.0 Å². The fourth-order valence-corrected chi connectivity index (χ4v) is 2.52. The third-order valence-corrected chi connectivity index (χ3v) is 4.13. The predicted molar refractivity (Wildman–Crippen MR) is 92.4 cm³/mol. The van der Waals surface area contributed by atoms with Gasteiger partial charge in [0.25, 0.3) is 0 Å². The summed E-state index contributed by atoms with van der Waals surface area (Å²) < 4.78 is 52.2. The SMILES string of the molecule is CC(C(=O)NC(CCN(C)C)c1ccc(F)cc1)n1ccc(C(F)(F)F)n1. The van der Waals surface area contributed by atoms with Crippen molar-refractivity contribution in [2.45, 2.75) is 31.6 Å². The van der Waals surface area contributed by atoms with E-state index in [1.54, 1.807) is 12.1 Å². The summed E-state index contributed by atoms with van der Waals surface area (Å²) >= 11 is 0. The van der Waals surface area contributed by atoms with Gasteiger partial charge in [0.1, 0.15) is 11.9 Å². The van der Waals surface area contributed by atoms with Gasteiger partial charge in [-0.15, -0.1) is 0 Å². The zero-order valence-electron chi connectivity index (χ0n) is 15.3. The number of benzene rings is 1. The number of nitrogens with one attached hydrogen (secondary N) is 1. The van der Waals surface area contributed by atoms with Gasteiger partial charge in [-0.2, -0.15) is 18.3 Å². The molecule has 0 saturated heterocycles. The largest absolute Gasteiger partial charge is 0.435 e. The number of nitrogens with zero attached hydrogens (tertiary/aromatic N) is 3. The van der Waals surface area contributed by atoms with E-state index in [0.29, 0.717) is 13.0 Å². The number of alkyl halides is 3. The van der Waals surface area contributed by atoms with Crippen LogP contribution >= 0.6 is 0 Å². The van der Waals surface area contributed by atoms with E-state index in [0.717, 1.165) is 22.5 Å². The summed E-state index contributed by atoms with van der Waals surface area (Å²) in [6.45, 7) is 2.13. The third kappa shape index (κ3) is 5.78. The molecule has 0 aliphatic heterocycles. The lowest BCUT2D eigenvalue weighted by Gasteiger charge is -2.23. The van der Waals surface area contributed by atoms with Crippen LogP contribution in [0.4, 0.5) is 17.6 Å². The van der Waals surface area contributed by atoms with E-state index >= 15 is 0 Å². The maximum atomic E-state index is 13.2. The number of aromatic nitrogens is 2. The van der Waals surface area contributed by atoms with Crippen molar-refractivity contribution < 1.29 is 22.4 Å². The van der Waals surface area contributed by atoms with Crippen LogP contribution in [0.3, 0.4) is 0 Å². The fraction of sp³-hybridized carbons (Fsp3) is 0.444. The van der Waals surface area contributed by atoms with Gasteiger partial charge in [0.15, 0.2) is 5.69 Å². The number of hydrogen-bond donors (Lipinski definition) is 1. The molecule has 1 N–H and O–H groups in total. The Hall–Kier alpha value is -2.42. The first-order valence-electron chi connectivity index (χ1n) is 8.41. The van der Waals surface area contributed by atoms with Gasteiger partial charge >= 0.3 is 6.18 Å². The van der Waals surface area contributed by atoms with Gasteiger partial charge in [0.2, 0.25) is 5.91 Å². The standard InChI is InChI=1S/C18H22F4N4O/c1-12(26-11-9-16(24-26)18(20,21)22)17(27)23-15(8-10-25(2)3)13-4-6-14(19)7-5-13/h4-7,9,11-12,15H,8,10H2,1-3H3,(H,23,27). The minimum atomic E-state index is -4.57. The fourth-order valence-electron chi connectivity index (χ4n) is 2.52. The first-order valence-corrected chi connectivity index (χ1v) is 8.41. The van der Waals surface area contributed by atoms with Gasteiger partial charge in [0.05, 0.1) is 6.04 Å². The van der Waals surface area contributed by atoms with E-state index in [1.165, 1.54) is 19.1 Å². The maximum Gasteiger partial charge on any atom is 0.435 e. The number of halogens is 4. The molecular formula is C18H22F4N4O. The summed E-state index contributed by atoms with van der Waals surface area (Å²) in [5, 5.41) is 6.27. The average Bonchev–Trinajstić information content (AvgIpc) is 3.08. The Morgan fingerprint density at radius 2 is 1.85 bits per heavy atom. The molecule has 0 radical (unpaired) electrons. The average molecular weight is 386 g/mol. The van der Waals surface area contributed by atoms with Crippen LogP contribution in [0.25, 0.3) is 0 Å². The first kappa shape index (κ1) is 20.9. The maximum absolute atomic E-state index is 13.2. The molecule has 1 amide bonds. The number of carbonyl (C=O) groups is 1. The highest BCUT2D eigenvalue weighted by Crippen LogP contribution is 2.28. The molecule has 0 spiro atoms. The third-order valence-electron chi connectivity index (χ3n) is 4.13. The van der Waals surface area contributed by atoms with Crippen molar-refractivity contribution in [3.63, 3.8) is 0 Å². The van der Waals surface area contributed by atoms with Crippen molar-refractivity contribution >= 4 is 5.91 Å². The lowest BCUT2D eigenvalue weighted by molar-refractivity contribution is -0.142. The van der Waals surface area contributed by atoms with Crippen LogP contribution in [0.1, 0.15) is 36.7 Å². The zero-order valence-corrected chi connectivity index (χ0v) is 15.3. The molecule has 2 aromatic rings. The van der Waals surface area contributed by atoms with E-state index < -0.39 is 29.9 Å². The van der Waals surface area contributed by atoms with Crippen LogP contribution in [-0.2, 0) is 11.0 Å². The normalized spacial score (nSPS) is 14.2. The zero-order chi connectivity index (χ0) is 20.2. The molecule has 27 heavy (non-hydrogen) atoms. The lowest BCUT2D eigenvalue weighted by Crippen LogP contribution is -2.35. The van der Waals surface area contributed by atoms with Crippen LogP contribution in [0.15, 0.2) is 36.5 Å². The quantitative estimate of drug-likeness (QED) is 0.742. The van der Waals surface area contributed by atoms with Gasteiger partial charge in [-0.05, 0) is 57.7 Å². The van der Waals surface area contributed by atoms with Crippen molar-refractivity contribution in [2.24, 2.45) is 0 Å². The summed E-state index contributed by atoms with van der Waals surface area (Å²) in [6.07, 6.45) is -2.88. The Morgan fingerprint density at radius 1 is 1.22 bits per heavy atom. The molecule has 1 aromatic heterocycles. The second-order valence-corrected chi connectivity index (χ2v) is 6.56. The molecule has 9 heteroatoms. The van der Waals surface area contributed by atoms with Crippen molar-refractivity contribution in [3.05, 3.63) is 53.6 Å². The van der Waals surface area contributed by atoms with Gasteiger partial charge in [0, 0.05) is 6.20 Å². The second-order valence-electron chi connectivity index (χ2n) is 6.56. The molecule has 0 aliphatic carbocycles. The van der Waals surface area contributed by atoms with Gasteiger partial charge in [-0.25, -0.2) is 4.39 Å². The highest BCUT2D eigenvalue weighted by atomic mass is 19.4. The molecule has 2 atom stereocenters. The predicted octanol–water partition coefficient (Wildman–Crippen LogP) is 3.41. The Bertz CT molecular complexity index is 755. The Labute approximate surface area is 155 Å². The van der Waals surface area contributed by atoms with E-state index in [2.05, 4.69) is 10.4 Å². The van der Waals surface area contributed by atoms with Gasteiger partial charge in [-0.1, -0.05) is 12.1 Å². The Balaban J connectivity index is 2.14. The second kappa shape index (κ2) is 8.51. The van der Waals surface area contributed by atoms with Crippen molar-refractivity contribution in [1.29, 1.82) is 0 Å². The number of carbonyl (C=O) groups excluding carboxylic acids is 1. The topological polar surface area (TPSA) is 50.2 Å². The lowest BCUT2D eigenvalue weighted by atomic mass is 10.0. The molecule has 148 valence electrons. The molecule has 1 heterocycles. The van der Waals surface area contributed by atoms with Crippen LogP contribution in [-0.4, -0.2) is 41.2 Å². The molecule has 2 unspecified atom stereocenters. The summed E-state index contributed by atoms with van der Waals surface area (Å²) in [6, 6.07) is 5.26. The number of hydrogen-bond acceptors (Lipinski definition) is 3. The number of amides is 1. The molecule has 0 fully saturated rings. The van der Waals surface area contributed by atoms with E-state index in [9.17, 15) is 22.4 Å². The molecule has 0 aliphatic rings. The van der Waals surface area contributed by atoms with E-state index in [4.69, 9.17) is 0 Å². The van der Waals surface area contributed by atoms with Gasteiger partial charge in [-0.3, -0.25) is 9.48 Å². The number of rotatable bonds is 7.